The number of ether oxygens (including phenoxy) is 4. The van der Waals surface area contributed by atoms with E-state index in [2.05, 4.69) is 0 Å². The Balaban J connectivity index is 1.96. The van der Waals surface area contributed by atoms with Gasteiger partial charge < -0.3 is 18.9 Å². The number of carbonyl (C=O) groups is 2. The number of hydrogen-bond acceptors (Lipinski definition) is 6. The second-order valence-electron chi connectivity index (χ2n) is 7.97. The van der Waals surface area contributed by atoms with Gasteiger partial charge in [0.2, 0.25) is 0 Å². The summed E-state index contributed by atoms with van der Waals surface area (Å²) in [5.41, 5.74) is 0.969. The average Bonchev–Trinajstić information content (AvgIpc) is 2.71. The molecule has 0 atom stereocenters. The van der Waals surface area contributed by atoms with E-state index in [1.54, 1.807) is 45.0 Å². The van der Waals surface area contributed by atoms with E-state index in [4.69, 9.17) is 18.9 Å². The minimum absolute atomic E-state index is 0.00503. The van der Waals surface area contributed by atoms with Crippen LogP contribution >= 0.6 is 0 Å². The van der Waals surface area contributed by atoms with Crippen LogP contribution in [0.4, 0.5) is 0 Å². The van der Waals surface area contributed by atoms with Gasteiger partial charge >= 0.3 is 5.97 Å². The third-order valence-electron chi connectivity index (χ3n) is 4.18. The summed E-state index contributed by atoms with van der Waals surface area (Å²) in [5.74, 6) is 1.39. The molecule has 0 saturated heterocycles. The summed E-state index contributed by atoms with van der Waals surface area (Å²) in [5, 5.41) is 0. The molecule has 2 aromatic carbocycles. The number of hydrogen-bond donors (Lipinski definition) is 0. The number of ketones is 1. The van der Waals surface area contributed by atoms with Gasteiger partial charge in [0.15, 0.2) is 23.9 Å². The van der Waals surface area contributed by atoms with Crippen LogP contribution in [0.3, 0.4) is 0 Å². The van der Waals surface area contributed by atoms with E-state index in [-0.39, 0.29) is 12.4 Å². The third-order valence-corrected chi connectivity index (χ3v) is 4.18. The summed E-state index contributed by atoms with van der Waals surface area (Å²) < 4.78 is 21.9. The zero-order valence-corrected chi connectivity index (χ0v) is 19.0. The molecule has 31 heavy (non-hydrogen) atoms. The first-order valence-corrected chi connectivity index (χ1v) is 10.6. The Bertz CT molecular complexity index is 882. The molecule has 0 aliphatic rings. The monoisotopic (exact) mass is 428 g/mol. The molecular formula is C25H32O6. The van der Waals surface area contributed by atoms with Crippen LogP contribution in [0, 0.1) is 0 Å². The number of rotatable bonds is 11. The second-order valence-corrected chi connectivity index (χ2v) is 7.97. The van der Waals surface area contributed by atoms with Crippen LogP contribution in [-0.4, -0.2) is 37.2 Å². The van der Waals surface area contributed by atoms with Crippen LogP contribution in [0.25, 0.3) is 0 Å². The minimum Gasteiger partial charge on any atom is -0.490 e. The molecule has 0 heterocycles. The van der Waals surface area contributed by atoms with Gasteiger partial charge in [0.05, 0.1) is 13.2 Å². The Hall–Kier alpha value is -3.02. The normalized spacial score (nSPS) is 11.0. The Morgan fingerprint density at radius 3 is 2.26 bits per heavy atom. The van der Waals surface area contributed by atoms with E-state index in [1.165, 1.54) is 0 Å². The van der Waals surface area contributed by atoms with E-state index in [1.807, 2.05) is 32.0 Å². The highest BCUT2D eigenvalue weighted by Crippen LogP contribution is 2.29. The molecule has 0 N–H and O–H groups in total. The van der Waals surface area contributed by atoms with Crippen molar-refractivity contribution in [3.63, 3.8) is 0 Å². The van der Waals surface area contributed by atoms with E-state index in [9.17, 15) is 9.59 Å². The highest BCUT2D eigenvalue weighted by atomic mass is 16.6. The van der Waals surface area contributed by atoms with Gasteiger partial charge in [0.25, 0.3) is 0 Å². The molecule has 0 amide bonds. The Kier molecular flexibility index (Phi) is 8.91. The van der Waals surface area contributed by atoms with E-state index < -0.39 is 11.6 Å². The van der Waals surface area contributed by atoms with Crippen molar-refractivity contribution in [1.82, 2.24) is 0 Å². The highest BCUT2D eigenvalue weighted by molar-refractivity contribution is 5.96. The standard InChI is InChI=1S/C25H32O6/c1-6-28-22-14-12-18(15-23(22)29-7-2)11-13-21(26)19-9-8-10-20(16-19)30-17-24(27)31-25(3,4)5/h8-10,12,14-16H,6-7,11,13,17H2,1-5H3. The van der Waals surface area contributed by atoms with Gasteiger partial charge in [-0.1, -0.05) is 18.2 Å². The molecule has 168 valence electrons. The van der Waals surface area contributed by atoms with Crippen molar-refractivity contribution in [2.24, 2.45) is 0 Å². The molecule has 0 fully saturated rings. The van der Waals surface area contributed by atoms with Crippen LogP contribution in [0.5, 0.6) is 17.2 Å². The fourth-order valence-corrected chi connectivity index (χ4v) is 2.93. The van der Waals surface area contributed by atoms with Crippen LogP contribution in [0.1, 0.15) is 57.0 Å². The van der Waals surface area contributed by atoms with Gasteiger partial charge in [-0.15, -0.1) is 0 Å². The molecule has 2 rings (SSSR count). The van der Waals surface area contributed by atoms with E-state index in [0.29, 0.717) is 48.9 Å². The second kappa shape index (κ2) is 11.4. The average molecular weight is 429 g/mol. The SMILES string of the molecule is CCOc1ccc(CCC(=O)c2cccc(OCC(=O)OC(C)(C)C)c2)cc1OCC. The van der Waals surface area contributed by atoms with Crippen molar-refractivity contribution in [1.29, 1.82) is 0 Å². The predicted octanol–water partition coefficient (Wildman–Crippen LogP) is 5.02. The lowest BCUT2D eigenvalue weighted by Crippen LogP contribution is -2.27. The van der Waals surface area contributed by atoms with Gasteiger partial charge in [-0.3, -0.25) is 4.79 Å². The first-order valence-electron chi connectivity index (χ1n) is 10.6. The summed E-state index contributed by atoms with van der Waals surface area (Å²) in [6, 6.07) is 12.6. The van der Waals surface area contributed by atoms with Crippen molar-refractivity contribution in [2.75, 3.05) is 19.8 Å². The van der Waals surface area contributed by atoms with E-state index >= 15 is 0 Å². The zero-order valence-electron chi connectivity index (χ0n) is 19.0. The molecule has 0 radical (unpaired) electrons. The number of esters is 1. The van der Waals surface area contributed by atoms with Crippen LogP contribution < -0.4 is 14.2 Å². The summed E-state index contributed by atoms with van der Waals surface area (Å²) in [4.78, 5) is 24.5. The maximum atomic E-state index is 12.7. The molecule has 6 heteroatoms. The van der Waals surface area contributed by atoms with Gasteiger partial charge in [0, 0.05) is 12.0 Å². The van der Waals surface area contributed by atoms with Crippen molar-refractivity contribution in [3.05, 3.63) is 53.6 Å². The number of carbonyl (C=O) groups excluding carboxylic acids is 2. The third kappa shape index (κ3) is 8.32. The minimum atomic E-state index is -0.568. The fraction of sp³-hybridized carbons (Fsp3) is 0.440. The molecule has 0 bridgehead atoms. The Morgan fingerprint density at radius 1 is 0.871 bits per heavy atom. The van der Waals surface area contributed by atoms with Crippen molar-refractivity contribution in [3.8, 4) is 17.2 Å². The summed E-state index contributed by atoms with van der Waals surface area (Å²) in [6.07, 6.45) is 0.920. The molecule has 0 aromatic heterocycles. The lowest BCUT2D eigenvalue weighted by molar-refractivity contribution is -0.157. The van der Waals surface area contributed by atoms with Crippen molar-refractivity contribution in [2.45, 2.75) is 53.1 Å². The van der Waals surface area contributed by atoms with Gasteiger partial charge in [-0.25, -0.2) is 4.79 Å². The smallest absolute Gasteiger partial charge is 0.344 e. The summed E-state index contributed by atoms with van der Waals surface area (Å²) in [7, 11) is 0. The maximum absolute atomic E-state index is 12.7. The largest absolute Gasteiger partial charge is 0.490 e. The first-order chi connectivity index (χ1) is 14.7. The van der Waals surface area contributed by atoms with Gasteiger partial charge in [0.1, 0.15) is 11.4 Å². The lowest BCUT2D eigenvalue weighted by atomic mass is 10.0. The van der Waals surface area contributed by atoms with Crippen LogP contribution in [0.15, 0.2) is 42.5 Å². The quantitative estimate of drug-likeness (QED) is 0.370. The summed E-state index contributed by atoms with van der Waals surface area (Å²) in [6.45, 7) is 10.1. The van der Waals surface area contributed by atoms with Gasteiger partial charge in [-0.05, 0) is 70.9 Å². The van der Waals surface area contributed by atoms with Crippen LogP contribution in [-0.2, 0) is 16.0 Å². The number of aryl methyl sites for hydroxylation is 1. The molecule has 2 aromatic rings. The molecule has 6 nitrogen and oxygen atoms in total. The highest BCUT2D eigenvalue weighted by Gasteiger charge is 2.17. The lowest BCUT2D eigenvalue weighted by Gasteiger charge is -2.19. The summed E-state index contributed by atoms with van der Waals surface area (Å²) >= 11 is 0. The molecule has 0 unspecified atom stereocenters. The molecule has 0 spiro atoms. The zero-order chi connectivity index (χ0) is 22.9. The molecule has 0 aliphatic heterocycles. The van der Waals surface area contributed by atoms with Gasteiger partial charge in [-0.2, -0.15) is 0 Å². The van der Waals surface area contributed by atoms with E-state index in [0.717, 1.165) is 5.56 Å². The molecular weight excluding hydrogens is 396 g/mol. The van der Waals surface area contributed by atoms with Crippen LogP contribution in [0.2, 0.25) is 0 Å². The number of Topliss-reactive ketones (excluding diaryl/α,β-unsaturated/α-hetero) is 1. The number of benzene rings is 2. The predicted molar refractivity (Wildman–Crippen MR) is 119 cm³/mol. The Labute approximate surface area is 184 Å². The molecule has 0 aliphatic carbocycles. The topological polar surface area (TPSA) is 71.1 Å². The Morgan fingerprint density at radius 2 is 1.58 bits per heavy atom. The van der Waals surface area contributed by atoms with Crippen molar-refractivity contribution < 1.29 is 28.5 Å². The molecule has 0 saturated carbocycles. The first kappa shape index (κ1) is 24.3. The van der Waals surface area contributed by atoms with Crippen molar-refractivity contribution >= 4 is 11.8 Å². The maximum Gasteiger partial charge on any atom is 0.344 e. The fourth-order valence-electron chi connectivity index (χ4n) is 2.93.